The Morgan fingerprint density at radius 3 is 2.30 bits per heavy atom. The molecular formula is C16H16O3S. The van der Waals surface area contributed by atoms with Crippen molar-refractivity contribution >= 4 is 10.1 Å². The predicted octanol–water partition coefficient (Wildman–Crippen LogP) is 3.33. The summed E-state index contributed by atoms with van der Waals surface area (Å²) < 4.78 is 29.7. The molecule has 2 aromatic rings. The Morgan fingerprint density at radius 1 is 0.850 bits per heavy atom. The van der Waals surface area contributed by atoms with Crippen LogP contribution in [-0.4, -0.2) is 8.42 Å². The van der Waals surface area contributed by atoms with Gasteiger partial charge in [-0.1, -0.05) is 24.3 Å². The molecule has 20 heavy (non-hydrogen) atoms. The summed E-state index contributed by atoms with van der Waals surface area (Å²) in [5.41, 5.74) is 2.39. The Balaban J connectivity index is 1.91. The zero-order valence-corrected chi connectivity index (χ0v) is 11.9. The first-order chi connectivity index (χ1) is 9.65. The van der Waals surface area contributed by atoms with E-state index in [-0.39, 0.29) is 4.90 Å². The van der Waals surface area contributed by atoms with E-state index < -0.39 is 10.1 Å². The van der Waals surface area contributed by atoms with Gasteiger partial charge in [0.2, 0.25) is 0 Å². The number of fused-ring (bicyclic) bond motifs is 1. The molecule has 3 rings (SSSR count). The minimum absolute atomic E-state index is 0.238. The predicted molar refractivity (Wildman–Crippen MR) is 77.3 cm³/mol. The van der Waals surface area contributed by atoms with Crippen LogP contribution in [0.3, 0.4) is 0 Å². The maximum atomic E-state index is 12.3. The second kappa shape index (κ2) is 5.29. The molecule has 0 N–H and O–H groups in total. The molecule has 0 saturated heterocycles. The molecule has 0 saturated carbocycles. The summed E-state index contributed by atoms with van der Waals surface area (Å²) >= 11 is 0. The van der Waals surface area contributed by atoms with Crippen LogP contribution < -0.4 is 4.18 Å². The molecule has 0 unspecified atom stereocenters. The van der Waals surface area contributed by atoms with E-state index in [0.29, 0.717) is 5.75 Å². The van der Waals surface area contributed by atoms with Crippen molar-refractivity contribution in [2.75, 3.05) is 0 Å². The van der Waals surface area contributed by atoms with E-state index in [1.807, 2.05) is 12.1 Å². The van der Waals surface area contributed by atoms with Crippen LogP contribution in [0.2, 0.25) is 0 Å². The Kier molecular flexibility index (Phi) is 3.49. The van der Waals surface area contributed by atoms with E-state index in [0.717, 1.165) is 24.8 Å². The van der Waals surface area contributed by atoms with E-state index in [4.69, 9.17) is 4.18 Å². The third-order valence-electron chi connectivity index (χ3n) is 3.56. The highest BCUT2D eigenvalue weighted by Gasteiger charge is 2.19. The minimum Gasteiger partial charge on any atom is -0.379 e. The molecular weight excluding hydrogens is 272 g/mol. The number of hydrogen-bond donors (Lipinski definition) is 0. The van der Waals surface area contributed by atoms with Crippen LogP contribution in [0, 0.1) is 0 Å². The van der Waals surface area contributed by atoms with Crippen molar-refractivity contribution in [3.05, 3.63) is 59.7 Å². The van der Waals surface area contributed by atoms with Crippen molar-refractivity contribution in [2.45, 2.75) is 30.6 Å². The van der Waals surface area contributed by atoms with Gasteiger partial charge in [-0.05, 0) is 61.1 Å². The first-order valence-corrected chi connectivity index (χ1v) is 8.17. The molecule has 0 spiro atoms. The largest absolute Gasteiger partial charge is 0.379 e. The Labute approximate surface area is 119 Å². The van der Waals surface area contributed by atoms with Gasteiger partial charge in [0.15, 0.2) is 0 Å². The molecule has 1 aliphatic carbocycles. The van der Waals surface area contributed by atoms with Crippen LogP contribution in [0.25, 0.3) is 0 Å². The normalized spacial score (nSPS) is 14.6. The second-order valence-electron chi connectivity index (χ2n) is 4.99. The summed E-state index contributed by atoms with van der Waals surface area (Å²) in [7, 11) is -3.75. The van der Waals surface area contributed by atoms with Crippen molar-refractivity contribution in [3.8, 4) is 5.75 Å². The van der Waals surface area contributed by atoms with Gasteiger partial charge in [0.05, 0.1) is 0 Å². The molecule has 0 radical (unpaired) electrons. The van der Waals surface area contributed by atoms with Gasteiger partial charge in [0, 0.05) is 0 Å². The van der Waals surface area contributed by atoms with E-state index in [2.05, 4.69) is 0 Å². The minimum atomic E-state index is -3.75. The summed E-state index contributed by atoms with van der Waals surface area (Å²) in [6, 6.07) is 13.9. The number of para-hydroxylation sites is 1. The zero-order chi connectivity index (χ0) is 14.0. The number of benzene rings is 2. The van der Waals surface area contributed by atoms with Gasteiger partial charge in [-0.3, -0.25) is 0 Å². The van der Waals surface area contributed by atoms with Crippen LogP contribution in [0.4, 0.5) is 0 Å². The van der Waals surface area contributed by atoms with Crippen LogP contribution in [0.5, 0.6) is 5.75 Å². The quantitative estimate of drug-likeness (QED) is 0.814. The van der Waals surface area contributed by atoms with Crippen molar-refractivity contribution in [1.82, 2.24) is 0 Å². The average Bonchev–Trinajstić information content (AvgIpc) is 2.47. The van der Waals surface area contributed by atoms with Crippen LogP contribution in [0.1, 0.15) is 24.0 Å². The van der Waals surface area contributed by atoms with E-state index in [1.54, 1.807) is 36.4 Å². The maximum absolute atomic E-state index is 12.3. The monoisotopic (exact) mass is 288 g/mol. The van der Waals surface area contributed by atoms with Crippen LogP contribution >= 0.6 is 0 Å². The lowest BCUT2D eigenvalue weighted by Gasteiger charge is -2.16. The highest BCUT2D eigenvalue weighted by Crippen LogP contribution is 2.25. The summed E-state index contributed by atoms with van der Waals surface area (Å²) in [6.45, 7) is 0. The van der Waals surface area contributed by atoms with Gasteiger partial charge >= 0.3 is 10.1 Å². The van der Waals surface area contributed by atoms with E-state index in [1.165, 1.54) is 12.0 Å². The highest BCUT2D eigenvalue weighted by atomic mass is 32.2. The molecule has 2 aromatic carbocycles. The van der Waals surface area contributed by atoms with Crippen molar-refractivity contribution in [1.29, 1.82) is 0 Å². The fourth-order valence-corrected chi connectivity index (χ4v) is 3.50. The summed E-state index contributed by atoms with van der Waals surface area (Å²) in [5, 5.41) is 0. The van der Waals surface area contributed by atoms with Gasteiger partial charge in [-0.15, -0.1) is 0 Å². The zero-order valence-electron chi connectivity index (χ0n) is 11.1. The SMILES string of the molecule is O=S(=O)(Oc1ccccc1)c1ccc2c(c1)CCCC2. The summed E-state index contributed by atoms with van der Waals surface area (Å²) in [6.07, 6.45) is 4.29. The molecule has 0 atom stereocenters. The molecule has 3 nitrogen and oxygen atoms in total. The maximum Gasteiger partial charge on any atom is 0.339 e. The standard InChI is InChI=1S/C16H16O3S/c17-20(18,19-15-8-2-1-3-9-15)16-11-10-13-6-4-5-7-14(13)12-16/h1-3,8-12H,4-7H2. The lowest BCUT2D eigenvalue weighted by atomic mass is 9.92. The molecule has 0 heterocycles. The van der Waals surface area contributed by atoms with Gasteiger partial charge in [-0.25, -0.2) is 0 Å². The van der Waals surface area contributed by atoms with Gasteiger partial charge < -0.3 is 4.18 Å². The Hall–Kier alpha value is -1.81. The van der Waals surface area contributed by atoms with E-state index >= 15 is 0 Å². The van der Waals surface area contributed by atoms with Gasteiger partial charge in [-0.2, -0.15) is 8.42 Å². The van der Waals surface area contributed by atoms with Crippen molar-refractivity contribution < 1.29 is 12.6 Å². The molecule has 0 fully saturated rings. The smallest absolute Gasteiger partial charge is 0.339 e. The fourth-order valence-electron chi connectivity index (χ4n) is 2.52. The molecule has 0 aliphatic heterocycles. The highest BCUT2D eigenvalue weighted by molar-refractivity contribution is 7.87. The molecule has 0 aromatic heterocycles. The first-order valence-electron chi connectivity index (χ1n) is 6.76. The van der Waals surface area contributed by atoms with Crippen molar-refractivity contribution in [2.24, 2.45) is 0 Å². The van der Waals surface area contributed by atoms with Crippen LogP contribution in [0.15, 0.2) is 53.4 Å². The summed E-state index contributed by atoms with van der Waals surface area (Å²) in [5.74, 6) is 0.338. The third kappa shape index (κ3) is 2.70. The lowest BCUT2D eigenvalue weighted by Crippen LogP contribution is -2.11. The molecule has 104 valence electrons. The van der Waals surface area contributed by atoms with Crippen molar-refractivity contribution in [3.63, 3.8) is 0 Å². The lowest BCUT2D eigenvalue weighted by molar-refractivity contribution is 0.486. The number of hydrogen-bond acceptors (Lipinski definition) is 3. The Bertz CT molecular complexity index is 706. The first kappa shape index (κ1) is 13.2. The number of aryl methyl sites for hydroxylation is 2. The number of rotatable bonds is 3. The van der Waals surface area contributed by atoms with Gasteiger partial charge in [0.25, 0.3) is 0 Å². The fraction of sp³-hybridized carbons (Fsp3) is 0.250. The molecule has 1 aliphatic rings. The molecule has 4 heteroatoms. The molecule has 0 bridgehead atoms. The third-order valence-corrected chi connectivity index (χ3v) is 4.80. The van der Waals surface area contributed by atoms with Gasteiger partial charge in [0.1, 0.15) is 10.6 Å². The topological polar surface area (TPSA) is 43.4 Å². The summed E-state index contributed by atoms with van der Waals surface area (Å²) in [4.78, 5) is 0.238. The second-order valence-corrected chi connectivity index (χ2v) is 6.53. The van der Waals surface area contributed by atoms with Crippen LogP contribution in [-0.2, 0) is 23.0 Å². The van der Waals surface area contributed by atoms with E-state index in [9.17, 15) is 8.42 Å². The average molecular weight is 288 g/mol. The Morgan fingerprint density at radius 2 is 1.55 bits per heavy atom. The molecule has 0 amide bonds.